The second-order valence-corrected chi connectivity index (χ2v) is 3.58. The van der Waals surface area contributed by atoms with Gasteiger partial charge in [-0.15, -0.1) is 0 Å². The van der Waals surface area contributed by atoms with Gasteiger partial charge in [-0.3, -0.25) is 9.59 Å². The van der Waals surface area contributed by atoms with E-state index in [4.69, 9.17) is 5.11 Å². The second kappa shape index (κ2) is 4.65. The lowest BCUT2D eigenvalue weighted by Gasteiger charge is -2.03. The van der Waals surface area contributed by atoms with Crippen LogP contribution in [0.2, 0.25) is 0 Å². The minimum atomic E-state index is -0.982. The van der Waals surface area contributed by atoms with Gasteiger partial charge in [0.05, 0.1) is 23.8 Å². The van der Waals surface area contributed by atoms with E-state index >= 15 is 0 Å². The lowest BCUT2D eigenvalue weighted by molar-refractivity contribution is -0.138. The average Bonchev–Trinajstić information content (AvgIpc) is 2.73. The van der Waals surface area contributed by atoms with E-state index in [1.54, 1.807) is 24.5 Å². The molecular formula is C11H11N3O3. The van der Waals surface area contributed by atoms with Gasteiger partial charge in [-0.25, -0.2) is 4.98 Å². The molecule has 1 aromatic heterocycles. The van der Waals surface area contributed by atoms with Crippen LogP contribution in [-0.4, -0.2) is 27.0 Å². The van der Waals surface area contributed by atoms with E-state index in [9.17, 15) is 9.59 Å². The van der Waals surface area contributed by atoms with E-state index in [1.165, 1.54) is 0 Å². The van der Waals surface area contributed by atoms with E-state index in [0.29, 0.717) is 5.69 Å². The number of carbonyl (C=O) groups is 2. The molecule has 2 aromatic rings. The second-order valence-electron chi connectivity index (χ2n) is 3.58. The minimum absolute atomic E-state index is 0.0314. The van der Waals surface area contributed by atoms with Crippen molar-refractivity contribution in [1.82, 2.24) is 9.97 Å². The Balaban J connectivity index is 2.02. The number of anilines is 1. The Hall–Kier alpha value is -2.37. The smallest absolute Gasteiger partial charge is 0.303 e. The summed E-state index contributed by atoms with van der Waals surface area (Å²) in [6, 6.07) is 5.25. The Morgan fingerprint density at radius 1 is 1.35 bits per heavy atom. The molecule has 6 nitrogen and oxygen atoms in total. The molecule has 0 radical (unpaired) electrons. The number of nitrogens with one attached hydrogen (secondary N) is 2. The van der Waals surface area contributed by atoms with Gasteiger partial charge < -0.3 is 15.4 Å². The van der Waals surface area contributed by atoms with Crippen LogP contribution in [0, 0.1) is 0 Å². The molecule has 0 unspecified atom stereocenters. The van der Waals surface area contributed by atoms with Crippen molar-refractivity contribution in [3.05, 3.63) is 24.5 Å². The summed E-state index contributed by atoms with van der Waals surface area (Å²) < 4.78 is 0. The fourth-order valence-corrected chi connectivity index (χ4v) is 1.46. The number of imidazole rings is 1. The number of H-pyrrole nitrogens is 1. The molecule has 1 aromatic carbocycles. The number of hydrogen-bond donors (Lipinski definition) is 3. The Morgan fingerprint density at radius 2 is 2.18 bits per heavy atom. The maximum atomic E-state index is 11.4. The first-order valence-corrected chi connectivity index (χ1v) is 5.10. The molecule has 0 aliphatic carbocycles. The fraction of sp³-hybridized carbons (Fsp3) is 0.182. The fourth-order valence-electron chi connectivity index (χ4n) is 1.46. The molecule has 17 heavy (non-hydrogen) atoms. The van der Waals surface area contributed by atoms with Gasteiger partial charge in [0, 0.05) is 12.1 Å². The summed E-state index contributed by atoms with van der Waals surface area (Å²) in [5.74, 6) is -1.30. The molecule has 1 heterocycles. The van der Waals surface area contributed by atoms with Crippen molar-refractivity contribution in [1.29, 1.82) is 0 Å². The summed E-state index contributed by atoms with van der Waals surface area (Å²) in [6.07, 6.45) is 1.37. The number of aromatic amines is 1. The number of aliphatic carboxylic acids is 1. The molecule has 0 bridgehead atoms. The van der Waals surface area contributed by atoms with Gasteiger partial charge in [-0.2, -0.15) is 0 Å². The highest BCUT2D eigenvalue weighted by atomic mass is 16.4. The zero-order chi connectivity index (χ0) is 12.3. The van der Waals surface area contributed by atoms with Gasteiger partial charge in [0.1, 0.15) is 0 Å². The number of amides is 1. The first-order chi connectivity index (χ1) is 8.15. The molecule has 0 aliphatic rings. The summed E-state index contributed by atoms with van der Waals surface area (Å²) in [6.45, 7) is 0. The highest BCUT2D eigenvalue weighted by Crippen LogP contribution is 2.15. The topological polar surface area (TPSA) is 95.1 Å². The third-order valence-electron chi connectivity index (χ3n) is 2.27. The van der Waals surface area contributed by atoms with Crippen molar-refractivity contribution in [3.8, 4) is 0 Å². The Bertz CT molecular complexity index is 562. The largest absolute Gasteiger partial charge is 0.481 e. The summed E-state index contributed by atoms with van der Waals surface area (Å²) in [7, 11) is 0. The normalized spacial score (nSPS) is 10.4. The minimum Gasteiger partial charge on any atom is -0.481 e. The first kappa shape index (κ1) is 11.1. The number of rotatable bonds is 4. The van der Waals surface area contributed by atoms with E-state index < -0.39 is 5.97 Å². The Kier molecular flexibility index (Phi) is 3.04. The SMILES string of the molecule is O=C(O)CCC(=O)Nc1ccc2nc[nH]c2c1. The van der Waals surface area contributed by atoms with Crippen LogP contribution in [0.5, 0.6) is 0 Å². The molecule has 0 aliphatic heterocycles. The van der Waals surface area contributed by atoms with Crippen molar-refractivity contribution < 1.29 is 14.7 Å². The number of carboxylic acid groups (broad SMARTS) is 1. The maximum Gasteiger partial charge on any atom is 0.303 e. The lowest BCUT2D eigenvalue weighted by atomic mass is 10.2. The van der Waals surface area contributed by atoms with Crippen LogP contribution in [0.25, 0.3) is 11.0 Å². The van der Waals surface area contributed by atoms with E-state index in [-0.39, 0.29) is 18.7 Å². The summed E-state index contributed by atoms with van der Waals surface area (Å²) in [5, 5.41) is 11.1. The van der Waals surface area contributed by atoms with Gasteiger partial charge in [0.2, 0.25) is 5.91 Å². The molecular weight excluding hydrogens is 222 g/mol. The predicted molar refractivity (Wildman–Crippen MR) is 61.6 cm³/mol. The average molecular weight is 233 g/mol. The Morgan fingerprint density at radius 3 is 2.94 bits per heavy atom. The van der Waals surface area contributed by atoms with Crippen LogP contribution in [-0.2, 0) is 9.59 Å². The molecule has 2 rings (SSSR count). The lowest BCUT2D eigenvalue weighted by Crippen LogP contribution is -2.13. The molecule has 3 N–H and O–H groups in total. The molecule has 0 saturated heterocycles. The number of aromatic nitrogens is 2. The van der Waals surface area contributed by atoms with Crippen molar-refractivity contribution in [3.63, 3.8) is 0 Å². The van der Waals surface area contributed by atoms with Crippen LogP contribution in [0.3, 0.4) is 0 Å². The van der Waals surface area contributed by atoms with Gasteiger partial charge >= 0.3 is 5.97 Å². The zero-order valence-electron chi connectivity index (χ0n) is 8.93. The third kappa shape index (κ3) is 2.81. The van der Waals surface area contributed by atoms with Crippen molar-refractivity contribution in [2.75, 3.05) is 5.32 Å². The number of fused-ring (bicyclic) bond motifs is 1. The molecule has 0 atom stereocenters. The van der Waals surface area contributed by atoms with Gasteiger partial charge in [-0.1, -0.05) is 0 Å². The van der Waals surface area contributed by atoms with Crippen LogP contribution in [0.4, 0.5) is 5.69 Å². The van der Waals surface area contributed by atoms with Crippen molar-refractivity contribution >= 4 is 28.6 Å². The number of nitrogens with zero attached hydrogens (tertiary/aromatic N) is 1. The van der Waals surface area contributed by atoms with Crippen LogP contribution >= 0.6 is 0 Å². The molecule has 88 valence electrons. The number of carbonyl (C=O) groups excluding carboxylic acids is 1. The number of hydrogen-bond acceptors (Lipinski definition) is 3. The number of carboxylic acids is 1. The highest BCUT2D eigenvalue weighted by molar-refractivity contribution is 5.94. The third-order valence-corrected chi connectivity index (χ3v) is 2.27. The summed E-state index contributed by atoms with van der Waals surface area (Å²) in [5.41, 5.74) is 2.26. The standard InChI is InChI=1S/C11H11N3O3/c15-10(3-4-11(16)17)14-7-1-2-8-9(5-7)13-6-12-8/h1-2,5-6H,3-4H2,(H,12,13)(H,14,15)(H,16,17). The van der Waals surface area contributed by atoms with Gasteiger partial charge in [-0.05, 0) is 18.2 Å². The molecule has 1 amide bonds. The van der Waals surface area contributed by atoms with E-state index in [2.05, 4.69) is 15.3 Å². The van der Waals surface area contributed by atoms with Crippen molar-refractivity contribution in [2.24, 2.45) is 0 Å². The molecule has 0 saturated carbocycles. The Labute approximate surface area is 96.7 Å². The van der Waals surface area contributed by atoms with Gasteiger partial charge in [0.25, 0.3) is 0 Å². The van der Waals surface area contributed by atoms with Crippen molar-refractivity contribution in [2.45, 2.75) is 12.8 Å². The summed E-state index contributed by atoms with van der Waals surface area (Å²) in [4.78, 5) is 28.7. The highest BCUT2D eigenvalue weighted by Gasteiger charge is 2.06. The first-order valence-electron chi connectivity index (χ1n) is 5.10. The molecule has 0 fully saturated rings. The predicted octanol–water partition coefficient (Wildman–Crippen LogP) is 1.37. The number of benzene rings is 1. The quantitative estimate of drug-likeness (QED) is 0.743. The molecule has 6 heteroatoms. The van der Waals surface area contributed by atoms with E-state index in [1.807, 2.05) is 0 Å². The van der Waals surface area contributed by atoms with Crippen LogP contribution < -0.4 is 5.32 Å². The van der Waals surface area contributed by atoms with Crippen LogP contribution in [0.1, 0.15) is 12.8 Å². The monoisotopic (exact) mass is 233 g/mol. The zero-order valence-corrected chi connectivity index (χ0v) is 8.93. The maximum absolute atomic E-state index is 11.4. The van der Waals surface area contributed by atoms with Crippen LogP contribution in [0.15, 0.2) is 24.5 Å². The molecule has 0 spiro atoms. The van der Waals surface area contributed by atoms with E-state index in [0.717, 1.165) is 11.0 Å². The summed E-state index contributed by atoms with van der Waals surface area (Å²) >= 11 is 0. The van der Waals surface area contributed by atoms with Gasteiger partial charge in [0.15, 0.2) is 0 Å².